The minimum Gasteiger partial charge on any atom is -0.369 e. The molecule has 3 atom stereocenters. The fourth-order valence-corrected chi connectivity index (χ4v) is 2.94. The number of rotatable bonds is 3. The van der Waals surface area contributed by atoms with Crippen molar-refractivity contribution in [2.45, 2.75) is 52.1 Å². The van der Waals surface area contributed by atoms with Crippen LogP contribution in [0.15, 0.2) is 24.3 Å². The number of piperidine rings is 1. The SMILES string of the molecule is CCC(N)c1ccc(N2CCC(C)CC2C)cc1. The van der Waals surface area contributed by atoms with Crippen LogP contribution < -0.4 is 10.6 Å². The number of nitrogens with two attached hydrogens (primary N) is 1. The van der Waals surface area contributed by atoms with E-state index in [4.69, 9.17) is 5.73 Å². The molecule has 1 aliphatic heterocycles. The van der Waals surface area contributed by atoms with Crippen LogP contribution in [0.5, 0.6) is 0 Å². The van der Waals surface area contributed by atoms with Gasteiger partial charge in [0, 0.05) is 24.3 Å². The molecular weight excluding hydrogens is 220 g/mol. The lowest BCUT2D eigenvalue weighted by Gasteiger charge is -2.38. The molecule has 0 aromatic heterocycles. The highest BCUT2D eigenvalue weighted by Gasteiger charge is 2.22. The van der Waals surface area contributed by atoms with Gasteiger partial charge in [0.2, 0.25) is 0 Å². The Bertz CT molecular complexity index is 371. The zero-order chi connectivity index (χ0) is 13.1. The number of hydrogen-bond donors (Lipinski definition) is 1. The summed E-state index contributed by atoms with van der Waals surface area (Å²) in [5.41, 5.74) is 8.65. The second kappa shape index (κ2) is 5.75. The third-order valence-electron chi connectivity index (χ3n) is 4.23. The number of anilines is 1. The maximum absolute atomic E-state index is 6.05. The Hall–Kier alpha value is -1.02. The van der Waals surface area contributed by atoms with Gasteiger partial charge in [-0.25, -0.2) is 0 Å². The largest absolute Gasteiger partial charge is 0.369 e. The highest BCUT2D eigenvalue weighted by atomic mass is 15.2. The summed E-state index contributed by atoms with van der Waals surface area (Å²) >= 11 is 0. The van der Waals surface area contributed by atoms with Crippen LogP contribution in [0.1, 0.15) is 51.6 Å². The third-order valence-corrected chi connectivity index (χ3v) is 4.23. The molecule has 1 aromatic carbocycles. The van der Waals surface area contributed by atoms with Gasteiger partial charge < -0.3 is 10.6 Å². The summed E-state index contributed by atoms with van der Waals surface area (Å²) in [6.07, 6.45) is 3.60. The first-order valence-electron chi connectivity index (χ1n) is 7.24. The molecule has 3 unspecified atom stereocenters. The van der Waals surface area contributed by atoms with Crippen LogP contribution in [0.2, 0.25) is 0 Å². The van der Waals surface area contributed by atoms with Gasteiger partial charge in [0.15, 0.2) is 0 Å². The molecule has 0 saturated carbocycles. The van der Waals surface area contributed by atoms with E-state index in [0.29, 0.717) is 6.04 Å². The molecule has 1 aromatic rings. The molecule has 2 rings (SSSR count). The van der Waals surface area contributed by atoms with Gasteiger partial charge in [-0.1, -0.05) is 26.0 Å². The van der Waals surface area contributed by atoms with Crippen molar-refractivity contribution in [3.8, 4) is 0 Å². The van der Waals surface area contributed by atoms with Crippen molar-refractivity contribution in [1.29, 1.82) is 0 Å². The Labute approximate surface area is 111 Å². The maximum Gasteiger partial charge on any atom is 0.0368 e. The summed E-state index contributed by atoms with van der Waals surface area (Å²) in [7, 11) is 0. The van der Waals surface area contributed by atoms with Gasteiger partial charge in [-0.05, 0) is 49.8 Å². The van der Waals surface area contributed by atoms with Crippen molar-refractivity contribution < 1.29 is 0 Å². The van der Waals surface area contributed by atoms with Crippen LogP contribution >= 0.6 is 0 Å². The third kappa shape index (κ3) is 2.86. The summed E-state index contributed by atoms with van der Waals surface area (Å²) < 4.78 is 0. The Morgan fingerprint density at radius 3 is 2.50 bits per heavy atom. The van der Waals surface area contributed by atoms with E-state index in [1.165, 1.54) is 30.6 Å². The average molecular weight is 246 g/mol. The van der Waals surface area contributed by atoms with Crippen LogP contribution in [0.25, 0.3) is 0 Å². The van der Waals surface area contributed by atoms with E-state index in [1.807, 2.05) is 0 Å². The topological polar surface area (TPSA) is 29.3 Å². The van der Waals surface area contributed by atoms with Crippen LogP contribution in [0.4, 0.5) is 5.69 Å². The Morgan fingerprint density at radius 1 is 1.28 bits per heavy atom. The van der Waals surface area contributed by atoms with Gasteiger partial charge in [0.25, 0.3) is 0 Å². The normalized spacial score (nSPS) is 26.1. The minimum atomic E-state index is 0.179. The van der Waals surface area contributed by atoms with Crippen molar-refractivity contribution in [3.63, 3.8) is 0 Å². The lowest BCUT2D eigenvalue weighted by molar-refractivity contribution is 0.378. The molecule has 0 spiro atoms. The van der Waals surface area contributed by atoms with Crippen molar-refractivity contribution in [2.75, 3.05) is 11.4 Å². The molecule has 1 aliphatic rings. The average Bonchev–Trinajstić information content (AvgIpc) is 2.38. The molecule has 2 N–H and O–H groups in total. The quantitative estimate of drug-likeness (QED) is 0.880. The predicted octanol–water partition coefficient (Wildman–Crippen LogP) is 3.72. The molecule has 18 heavy (non-hydrogen) atoms. The van der Waals surface area contributed by atoms with Gasteiger partial charge in [-0.15, -0.1) is 0 Å². The van der Waals surface area contributed by atoms with Crippen LogP contribution in [0.3, 0.4) is 0 Å². The summed E-state index contributed by atoms with van der Waals surface area (Å²) in [6, 6.07) is 9.68. The monoisotopic (exact) mass is 246 g/mol. The molecule has 2 heteroatoms. The molecule has 0 aliphatic carbocycles. The molecule has 0 amide bonds. The molecule has 1 saturated heterocycles. The van der Waals surface area contributed by atoms with Crippen molar-refractivity contribution in [1.82, 2.24) is 0 Å². The molecule has 100 valence electrons. The first kappa shape index (κ1) is 13.4. The molecule has 0 radical (unpaired) electrons. The highest BCUT2D eigenvalue weighted by Crippen LogP contribution is 2.28. The van der Waals surface area contributed by atoms with Crippen LogP contribution in [-0.4, -0.2) is 12.6 Å². The molecule has 2 nitrogen and oxygen atoms in total. The van der Waals surface area contributed by atoms with Crippen molar-refractivity contribution in [2.24, 2.45) is 11.7 Å². The Morgan fingerprint density at radius 2 is 1.94 bits per heavy atom. The fraction of sp³-hybridized carbons (Fsp3) is 0.625. The zero-order valence-electron chi connectivity index (χ0n) is 11.9. The minimum absolute atomic E-state index is 0.179. The maximum atomic E-state index is 6.05. The molecule has 0 bridgehead atoms. The van der Waals surface area contributed by atoms with E-state index in [1.54, 1.807) is 0 Å². The Balaban J connectivity index is 2.09. The summed E-state index contributed by atoms with van der Waals surface area (Å²) in [4.78, 5) is 2.53. The van der Waals surface area contributed by atoms with E-state index in [-0.39, 0.29) is 6.04 Å². The summed E-state index contributed by atoms with van der Waals surface area (Å²) in [5.74, 6) is 0.865. The first-order chi connectivity index (χ1) is 8.61. The second-order valence-corrected chi connectivity index (χ2v) is 5.78. The number of hydrogen-bond acceptors (Lipinski definition) is 2. The first-order valence-corrected chi connectivity index (χ1v) is 7.24. The van der Waals surface area contributed by atoms with E-state index >= 15 is 0 Å². The Kier molecular flexibility index (Phi) is 4.28. The van der Waals surface area contributed by atoms with Crippen LogP contribution in [-0.2, 0) is 0 Å². The lowest BCUT2D eigenvalue weighted by Crippen LogP contribution is -2.40. The van der Waals surface area contributed by atoms with Crippen molar-refractivity contribution in [3.05, 3.63) is 29.8 Å². The highest BCUT2D eigenvalue weighted by molar-refractivity contribution is 5.49. The predicted molar refractivity (Wildman–Crippen MR) is 78.9 cm³/mol. The smallest absolute Gasteiger partial charge is 0.0368 e. The van der Waals surface area contributed by atoms with E-state index in [9.17, 15) is 0 Å². The zero-order valence-corrected chi connectivity index (χ0v) is 11.9. The van der Waals surface area contributed by atoms with Gasteiger partial charge in [0.05, 0.1) is 0 Å². The lowest BCUT2D eigenvalue weighted by atomic mass is 9.92. The summed E-state index contributed by atoms with van der Waals surface area (Å²) in [6.45, 7) is 8.01. The standard InChI is InChI=1S/C16H26N2/c1-4-16(17)14-5-7-15(8-6-14)18-10-9-12(2)11-13(18)3/h5-8,12-13,16H,4,9-11,17H2,1-3H3. The van der Waals surface area contributed by atoms with Crippen LogP contribution in [0, 0.1) is 5.92 Å². The summed E-state index contributed by atoms with van der Waals surface area (Å²) in [5, 5.41) is 0. The van der Waals surface area contributed by atoms with E-state index < -0.39 is 0 Å². The van der Waals surface area contributed by atoms with E-state index in [2.05, 4.69) is 49.9 Å². The van der Waals surface area contributed by atoms with Gasteiger partial charge in [-0.3, -0.25) is 0 Å². The number of nitrogens with zero attached hydrogens (tertiary/aromatic N) is 1. The number of benzene rings is 1. The van der Waals surface area contributed by atoms with Gasteiger partial charge in [0.1, 0.15) is 0 Å². The molecule has 1 fully saturated rings. The van der Waals surface area contributed by atoms with Gasteiger partial charge in [-0.2, -0.15) is 0 Å². The fourth-order valence-electron chi connectivity index (χ4n) is 2.94. The van der Waals surface area contributed by atoms with Gasteiger partial charge >= 0.3 is 0 Å². The second-order valence-electron chi connectivity index (χ2n) is 5.78. The molecule has 1 heterocycles. The van der Waals surface area contributed by atoms with Crippen molar-refractivity contribution >= 4 is 5.69 Å². The molecular formula is C16H26N2. The van der Waals surface area contributed by atoms with E-state index in [0.717, 1.165) is 12.3 Å².